The van der Waals surface area contributed by atoms with Gasteiger partial charge in [-0.25, -0.2) is 14.2 Å². The molecule has 0 spiro atoms. The van der Waals surface area contributed by atoms with Gasteiger partial charge in [0.05, 0.1) is 17.8 Å². The molecule has 2 amide bonds. The highest BCUT2D eigenvalue weighted by molar-refractivity contribution is 8.15. The fourth-order valence-corrected chi connectivity index (χ4v) is 4.50. The van der Waals surface area contributed by atoms with E-state index in [1.54, 1.807) is 0 Å². The number of hydrogen-bond donors (Lipinski definition) is 2. The number of nitrogens with one attached hydrogen (secondary N) is 1. The Bertz CT molecular complexity index is 1230. The molecule has 34 heavy (non-hydrogen) atoms. The molecule has 0 bridgehead atoms. The number of amidine groups is 1. The SMILES string of the molecule is O=C(C[C@@H]1SC(=Nc2ccc(F)cc2)N(Cc2ccccc2)C1=O)Nc1ccc(C(=O)O)cc1. The number of benzene rings is 3. The van der Waals surface area contributed by atoms with Crippen molar-refractivity contribution in [1.29, 1.82) is 0 Å². The maximum absolute atomic E-state index is 13.3. The molecule has 4 rings (SSSR count). The summed E-state index contributed by atoms with van der Waals surface area (Å²) in [6.45, 7) is 0.293. The number of carbonyl (C=O) groups is 3. The number of amides is 2. The van der Waals surface area contributed by atoms with Crippen LogP contribution in [0.5, 0.6) is 0 Å². The smallest absolute Gasteiger partial charge is 0.335 e. The minimum Gasteiger partial charge on any atom is -0.478 e. The lowest BCUT2D eigenvalue weighted by molar-refractivity contribution is -0.128. The quantitative estimate of drug-likeness (QED) is 0.515. The number of carboxylic acids is 1. The van der Waals surface area contributed by atoms with Gasteiger partial charge in [0.25, 0.3) is 0 Å². The molecule has 0 saturated carbocycles. The normalized spacial score (nSPS) is 16.6. The number of nitrogens with zero attached hydrogens (tertiary/aromatic N) is 2. The van der Waals surface area contributed by atoms with Gasteiger partial charge in [0.1, 0.15) is 11.1 Å². The summed E-state index contributed by atoms with van der Waals surface area (Å²) in [6, 6.07) is 20.8. The summed E-state index contributed by atoms with van der Waals surface area (Å²) in [5.74, 6) is -2.06. The van der Waals surface area contributed by atoms with E-state index >= 15 is 0 Å². The molecule has 1 aliphatic rings. The van der Waals surface area contributed by atoms with Gasteiger partial charge < -0.3 is 10.4 Å². The monoisotopic (exact) mass is 477 g/mol. The predicted molar refractivity (Wildman–Crippen MR) is 129 cm³/mol. The number of carbonyl (C=O) groups excluding carboxylic acids is 2. The fourth-order valence-electron chi connectivity index (χ4n) is 3.34. The lowest BCUT2D eigenvalue weighted by Crippen LogP contribution is -2.33. The first-order valence-corrected chi connectivity index (χ1v) is 11.3. The van der Waals surface area contributed by atoms with Gasteiger partial charge in [0.15, 0.2) is 5.17 Å². The molecule has 1 fully saturated rings. The van der Waals surface area contributed by atoms with Gasteiger partial charge in [-0.15, -0.1) is 0 Å². The Kier molecular flexibility index (Phi) is 7.03. The third-order valence-corrected chi connectivity index (χ3v) is 6.22. The molecule has 7 nitrogen and oxygen atoms in total. The van der Waals surface area contributed by atoms with E-state index in [1.165, 1.54) is 65.2 Å². The molecular weight excluding hydrogens is 457 g/mol. The third-order valence-electron chi connectivity index (χ3n) is 5.04. The fraction of sp³-hybridized carbons (Fsp3) is 0.120. The zero-order valence-corrected chi connectivity index (χ0v) is 18.7. The number of aliphatic imine (C=N–C) groups is 1. The molecule has 9 heteroatoms. The van der Waals surface area contributed by atoms with Crippen molar-refractivity contribution in [3.05, 3.63) is 95.8 Å². The van der Waals surface area contributed by atoms with Crippen LogP contribution in [0, 0.1) is 5.82 Å². The minimum absolute atomic E-state index is 0.0854. The first-order valence-electron chi connectivity index (χ1n) is 10.4. The van der Waals surface area contributed by atoms with E-state index in [9.17, 15) is 18.8 Å². The van der Waals surface area contributed by atoms with Crippen molar-refractivity contribution >= 4 is 46.1 Å². The number of hydrogen-bond acceptors (Lipinski definition) is 5. The Labute approximate surface area is 199 Å². The summed E-state index contributed by atoms with van der Waals surface area (Å²) in [6.07, 6.45) is -0.0854. The summed E-state index contributed by atoms with van der Waals surface area (Å²) < 4.78 is 13.3. The van der Waals surface area contributed by atoms with Crippen molar-refractivity contribution in [3.63, 3.8) is 0 Å². The van der Waals surface area contributed by atoms with Crippen molar-refractivity contribution in [1.82, 2.24) is 4.90 Å². The molecule has 0 radical (unpaired) electrons. The molecular formula is C25H20FN3O4S. The number of thioether (sulfide) groups is 1. The summed E-state index contributed by atoms with van der Waals surface area (Å²) >= 11 is 1.18. The summed E-state index contributed by atoms with van der Waals surface area (Å²) in [7, 11) is 0. The lowest BCUT2D eigenvalue weighted by Gasteiger charge is -2.16. The molecule has 2 N–H and O–H groups in total. The van der Waals surface area contributed by atoms with E-state index in [1.807, 2.05) is 30.3 Å². The zero-order valence-electron chi connectivity index (χ0n) is 17.8. The van der Waals surface area contributed by atoms with Crippen LogP contribution in [0.3, 0.4) is 0 Å². The average Bonchev–Trinajstić information content (AvgIpc) is 3.10. The van der Waals surface area contributed by atoms with Crippen LogP contribution >= 0.6 is 11.8 Å². The second-order valence-electron chi connectivity index (χ2n) is 7.52. The number of halogens is 1. The van der Waals surface area contributed by atoms with Crippen molar-refractivity contribution in [2.45, 2.75) is 18.2 Å². The van der Waals surface area contributed by atoms with Crippen molar-refractivity contribution < 1.29 is 23.9 Å². The second kappa shape index (κ2) is 10.3. The van der Waals surface area contributed by atoms with Crippen LogP contribution in [0.1, 0.15) is 22.3 Å². The molecule has 1 atom stereocenters. The number of carboxylic acid groups (broad SMARTS) is 1. The molecule has 3 aromatic carbocycles. The van der Waals surface area contributed by atoms with E-state index < -0.39 is 11.2 Å². The van der Waals surface area contributed by atoms with Gasteiger partial charge in [-0.1, -0.05) is 42.1 Å². The van der Waals surface area contributed by atoms with Crippen LogP contribution in [0.4, 0.5) is 15.8 Å². The van der Waals surface area contributed by atoms with Gasteiger partial charge in [0, 0.05) is 12.1 Å². The molecule has 1 aliphatic heterocycles. The van der Waals surface area contributed by atoms with Crippen LogP contribution in [0.15, 0.2) is 83.9 Å². The first-order chi connectivity index (χ1) is 16.4. The number of anilines is 1. The molecule has 0 aromatic heterocycles. The summed E-state index contributed by atoms with van der Waals surface area (Å²) in [5.41, 5.74) is 1.95. The number of rotatable bonds is 7. The summed E-state index contributed by atoms with van der Waals surface area (Å²) in [5, 5.41) is 11.4. The van der Waals surface area contributed by atoms with E-state index in [-0.39, 0.29) is 29.6 Å². The van der Waals surface area contributed by atoms with Crippen LogP contribution in [0.25, 0.3) is 0 Å². The topological polar surface area (TPSA) is 99.1 Å². The highest BCUT2D eigenvalue weighted by atomic mass is 32.2. The molecule has 0 aliphatic carbocycles. The summed E-state index contributed by atoms with van der Waals surface area (Å²) in [4.78, 5) is 42.8. The van der Waals surface area contributed by atoms with Gasteiger partial charge >= 0.3 is 5.97 Å². The predicted octanol–water partition coefficient (Wildman–Crippen LogP) is 4.68. The van der Waals surface area contributed by atoms with Crippen LogP contribution in [0.2, 0.25) is 0 Å². The van der Waals surface area contributed by atoms with E-state index in [0.29, 0.717) is 23.1 Å². The van der Waals surface area contributed by atoms with Crippen molar-refractivity contribution in [2.75, 3.05) is 5.32 Å². The molecule has 1 heterocycles. The van der Waals surface area contributed by atoms with Crippen molar-refractivity contribution in [2.24, 2.45) is 4.99 Å². The minimum atomic E-state index is -1.06. The third kappa shape index (κ3) is 5.68. The maximum Gasteiger partial charge on any atom is 0.335 e. The maximum atomic E-state index is 13.3. The van der Waals surface area contributed by atoms with Gasteiger partial charge in [-0.3, -0.25) is 14.5 Å². The molecule has 1 saturated heterocycles. The molecule has 3 aromatic rings. The van der Waals surface area contributed by atoms with E-state index in [0.717, 1.165) is 5.56 Å². The van der Waals surface area contributed by atoms with Crippen LogP contribution in [-0.2, 0) is 16.1 Å². The van der Waals surface area contributed by atoms with Crippen LogP contribution < -0.4 is 5.32 Å². The Morgan fingerprint density at radius 3 is 2.32 bits per heavy atom. The highest BCUT2D eigenvalue weighted by Gasteiger charge is 2.39. The Hall–Kier alpha value is -3.98. The highest BCUT2D eigenvalue weighted by Crippen LogP contribution is 2.33. The second-order valence-corrected chi connectivity index (χ2v) is 8.69. The lowest BCUT2D eigenvalue weighted by atomic mass is 10.2. The standard InChI is InChI=1S/C25H20FN3O4S/c26-18-8-12-20(13-9-18)28-25-29(15-16-4-2-1-3-5-16)23(31)21(34-25)14-22(30)27-19-10-6-17(7-11-19)24(32)33/h1-13,21H,14-15H2,(H,27,30)(H,32,33)/t21-/m0/s1. The largest absolute Gasteiger partial charge is 0.478 e. The number of aromatic carboxylic acids is 1. The Morgan fingerprint density at radius 1 is 1.00 bits per heavy atom. The Morgan fingerprint density at radius 2 is 1.68 bits per heavy atom. The van der Waals surface area contributed by atoms with Crippen LogP contribution in [-0.4, -0.2) is 38.2 Å². The molecule has 0 unspecified atom stereocenters. The van der Waals surface area contributed by atoms with Gasteiger partial charge in [-0.05, 0) is 54.1 Å². The zero-order chi connectivity index (χ0) is 24.1. The Balaban J connectivity index is 1.50. The van der Waals surface area contributed by atoms with E-state index in [2.05, 4.69) is 10.3 Å². The van der Waals surface area contributed by atoms with Gasteiger partial charge in [0.2, 0.25) is 11.8 Å². The first kappa shape index (κ1) is 23.2. The van der Waals surface area contributed by atoms with Gasteiger partial charge in [-0.2, -0.15) is 0 Å². The van der Waals surface area contributed by atoms with E-state index in [4.69, 9.17) is 5.11 Å². The molecule has 172 valence electrons. The van der Waals surface area contributed by atoms with Crippen molar-refractivity contribution in [3.8, 4) is 0 Å². The average molecular weight is 478 g/mol.